The van der Waals surface area contributed by atoms with Gasteiger partial charge < -0.3 is 4.90 Å². The minimum atomic E-state index is -4.73. The van der Waals surface area contributed by atoms with E-state index in [4.69, 9.17) is 4.98 Å². The standard InChI is InChI=1S/C29H28F3N7O4/c1-34-24-23(26(42)35(2)28(34)43)38(17-18-8-4-3-5-9-18)27(33-24)37-14-12-36(13-15-37)21-16-22(40)39(25(21)41)20-11-7-6-10-19(20)29(30,31)32/h3-11,21H,12-17H2,1-2H3. The van der Waals surface area contributed by atoms with Crippen molar-refractivity contribution in [3.63, 3.8) is 0 Å². The van der Waals surface area contributed by atoms with Crippen molar-refractivity contribution in [2.75, 3.05) is 36.0 Å². The van der Waals surface area contributed by atoms with Crippen LogP contribution in [0, 0.1) is 0 Å². The molecule has 43 heavy (non-hydrogen) atoms. The summed E-state index contributed by atoms with van der Waals surface area (Å²) in [5.41, 5.74) is -1.03. The van der Waals surface area contributed by atoms with Crippen molar-refractivity contribution in [2.24, 2.45) is 14.1 Å². The van der Waals surface area contributed by atoms with E-state index in [-0.39, 0.29) is 17.6 Å². The Bertz CT molecular complexity index is 1850. The van der Waals surface area contributed by atoms with Crippen LogP contribution in [0.2, 0.25) is 0 Å². The molecule has 14 heteroatoms. The quantitative estimate of drug-likeness (QED) is 0.325. The third-order valence-electron chi connectivity index (χ3n) is 8.12. The Balaban J connectivity index is 1.28. The summed E-state index contributed by atoms with van der Waals surface area (Å²) in [5.74, 6) is -0.896. The van der Waals surface area contributed by atoms with Gasteiger partial charge in [0.25, 0.3) is 11.5 Å². The number of amides is 2. The van der Waals surface area contributed by atoms with Crippen molar-refractivity contribution in [1.82, 2.24) is 23.6 Å². The molecule has 0 saturated carbocycles. The molecular formula is C29H28F3N7O4. The second kappa shape index (κ2) is 10.5. The largest absolute Gasteiger partial charge is 0.418 e. The van der Waals surface area contributed by atoms with E-state index in [1.807, 2.05) is 35.2 Å². The van der Waals surface area contributed by atoms with Gasteiger partial charge in [0.2, 0.25) is 11.9 Å². The Kier molecular flexibility index (Phi) is 6.95. The van der Waals surface area contributed by atoms with E-state index in [2.05, 4.69) is 0 Å². The first-order valence-electron chi connectivity index (χ1n) is 13.7. The molecule has 4 heterocycles. The number of benzene rings is 2. The fourth-order valence-corrected chi connectivity index (χ4v) is 5.89. The Labute approximate surface area is 243 Å². The molecule has 2 amide bonds. The minimum absolute atomic E-state index is 0.226. The van der Waals surface area contributed by atoms with Gasteiger partial charge in [-0.05, 0) is 17.7 Å². The number of imide groups is 1. The van der Waals surface area contributed by atoms with Crippen molar-refractivity contribution in [2.45, 2.75) is 25.2 Å². The van der Waals surface area contributed by atoms with Crippen LogP contribution in [-0.2, 0) is 36.4 Å². The maximum atomic E-state index is 13.6. The number of carbonyl (C=O) groups is 2. The van der Waals surface area contributed by atoms with Crippen molar-refractivity contribution in [3.05, 3.63) is 86.6 Å². The highest BCUT2D eigenvalue weighted by molar-refractivity contribution is 6.22. The number of imidazole rings is 1. The summed E-state index contributed by atoms with van der Waals surface area (Å²) in [4.78, 5) is 61.2. The summed E-state index contributed by atoms with van der Waals surface area (Å²) in [6.07, 6.45) is -4.95. The van der Waals surface area contributed by atoms with Gasteiger partial charge in [0.05, 0.1) is 30.3 Å². The van der Waals surface area contributed by atoms with Gasteiger partial charge in [-0.2, -0.15) is 18.2 Å². The topological polar surface area (TPSA) is 106 Å². The molecule has 224 valence electrons. The summed E-state index contributed by atoms with van der Waals surface area (Å²) in [7, 11) is 2.97. The van der Waals surface area contributed by atoms with Crippen LogP contribution >= 0.6 is 0 Å². The van der Waals surface area contributed by atoms with Crippen molar-refractivity contribution < 1.29 is 22.8 Å². The lowest BCUT2D eigenvalue weighted by Gasteiger charge is -2.37. The smallest absolute Gasteiger partial charge is 0.340 e. The number of fused-ring (bicyclic) bond motifs is 1. The van der Waals surface area contributed by atoms with Crippen LogP contribution in [0.3, 0.4) is 0 Å². The molecule has 6 rings (SSSR count). The SMILES string of the molecule is Cn1c(=O)c2c(nc(N3CCN(C4CC(=O)N(c5ccccc5C(F)(F)F)C4=O)CC3)n2Cc2ccccc2)n(C)c1=O. The first kappa shape index (κ1) is 28.4. The number of carbonyl (C=O) groups excluding carboxylic acids is 2. The molecule has 0 spiro atoms. The molecule has 0 radical (unpaired) electrons. The first-order valence-corrected chi connectivity index (χ1v) is 13.7. The average molecular weight is 596 g/mol. The zero-order valence-corrected chi connectivity index (χ0v) is 23.4. The van der Waals surface area contributed by atoms with Gasteiger partial charge in [0.15, 0.2) is 11.2 Å². The molecule has 4 aromatic rings. The monoisotopic (exact) mass is 595 g/mol. The third-order valence-corrected chi connectivity index (χ3v) is 8.12. The molecule has 2 saturated heterocycles. The van der Waals surface area contributed by atoms with Crippen molar-refractivity contribution in [1.29, 1.82) is 0 Å². The molecule has 0 N–H and O–H groups in total. The van der Waals surface area contributed by atoms with Crippen LogP contribution in [0.15, 0.2) is 64.2 Å². The number of aryl methyl sites for hydroxylation is 1. The highest BCUT2D eigenvalue weighted by Crippen LogP contribution is 2.38. The summed E-state index contributed by atoms with van der Waals surface area (Å²) >= 11 is 0. The molecule has 2 aliphatic heterocycles. The van der Waals surface area contributed by atoms with Crippen LogP contribution in [0.1, 0.15) is 17.5 Å². The molecule has 0 aliphatic carbocycles. The number of anilines is 2. The Morgan fingerprint density at radius 1 is 0.860 bits per heavy atom. The lowest BCUT2D eigenvalue weighted by molar-refractivity contribution is -0.137. The van der Waals surface area contributed by atoms with Gasteiger partial charge in [0.1, 0.15) is 0 Å². The Hall–Kier alpha value is -4.72. The molecule has 1 atom stereocenters. The van der Waals surface area contributed by atoms with Gasteiger partial charge in [0, 0.05) is 40.3 Å². The molecule has 2 aromatic carbocycles. The van der Waals surface area contributed by atoms with Crippen LogP contribution in [0.4, 0.5) is 24.8 Å². The van der Waals surface area contributed by atoms with Crippen LogP contribution < -0.4 is 21.0 Å². The number of para-hydroxylation sites is 1. The molecule has 0 bridgehead atoms. The van der Waals surface area contributed by atoms with Crippen LogP contribution in [0.25, 0.3) is 11.2 Å². The highest BCUT2D eigenvalue weighted by Gasteiger charge is 2.46. The summed E-state index contributed by atoms with van der Waals surface area (Å²) in [5, 5.41) is 0. The number of aromatic nitrogens is 4. The zero-order valence-electron chi connectivity index (χ0n) is 23.4. The number of halogens is 3. The lowest BCUT2D eigenvalue weighted by Crippen LogP contribution is -2.53. The van der Waals surface area contributed by atoms with Crippen molar-refractivity contribution >= 4 is 34.6 Å². The Morgan fingerprint density at radius 3 is 2.19 bits per heavy atom. The van der Waals surface area contributed by atoms with Gasteiger partial charge in [-0.15, -0.1) is 0 Å². The summed E-state index contributed by atoms with van der Waals surface area (Å²) in [6, 6.07) is 13.2. The third kappa shape index (κ3) is 4.80. The second-order valence-corrected chi connectivity index (χ2v) is 10.7. The maximum absolute atomic E-state index is 13.6. The fourth-order valence-electron chi connectivity index (χ4n) is 5.89. The molecule has 2 aromatic heterocycles. The molecular weight excluding hydrogens is 567 g/mol. The predicted octanol–water partition coefficient (Wildman–Crippen LogP) is 1.95. The van der Waals surface area contributed by atoms with E-state index in [0.717, 1.165) is 22.3 Å². The summed E-state index contributed by atoms with van der Waals surface area (Å²) < 4.78 is 45.1. The van der Waals surface area contributed by atoms with E-state index in [1.54, 1.807) is 16.5 Å². The molecule has 1 unspecified atom stereocenters. The lowest BCUT2D eigenvalue weighted by atomic mass is 10.1. The van der Waals surface area contributed by atoms with E-state index < -0.39 is 46.5 Å². The number of piperazine rings is 1. The first-order chi connectivity index (χ1) is 20.5. The van der Waals surface area contributed by atoms with E-state index in [0.29, 0.717) is 43.6 Å². The maximum Gasteiger partial charge on any atom is 0.418 e. The van der Waals surface area contributed by atoms with Crippen LogP contribution in [0.5, 0.6) is 0 Å². The van der Waals surface area contributed by atoms with E-state index in [9.17, 15) is 32.3 Å². The van der Waals surface area contributed by atoms with Crippen LogP contribution in [-0.4, -0.2) is 67.6 Å². The van der Waals surface area contributed by atoms with Gasteiger partial charge in [-0.1, -0.05) is 42.5 Å². The normalized spacial score (nSPS) is 18.3. The highest BCUT2D eigenvalue weighted by atomic mass is 19.4. The van der Waals surface area contributed by atoms with Gasteiger partial charge in [-0.25, -0.2) is 9.69 Å². The van der Waals surface area contributed by atoms with Gasteiger partial charge in [-0.3, -0.25) is 33.0 Å². The minimum Gasteiger partial charge on any atom is -0.340 e. The number of alkyl halides is 3. The number of hydrogen-bond donors (Lipinski definition) is 0. The predicted molar refractivity (Wildman–Crippen MR) is 152 cm³/mol. The average Bonchev–Trinajstić information content (AvgIpc) is 3.51. The fraction of sp³-hybridized carbons (Fsp3) is 0.345. The second-order valence-electron chi connectivity index (χ2n) is 10.7. The Morgan fingerprint density at radius 2 is 1.51 bits per heavy atom. The van der Waals surface area contributed by atoms with Crippen molar-refractivity contribution in [3.8, 4) is 0 Å². The zero-order chi connectivity index (χ0) is 30.6. The summed E-state index contributed by atoms with van der Waals surface area (Å²) in [6.45, 7) is 1.70. The molecule has 11 nitrogen and oxygen atoms in total. The number of rotatable bonds is 5. The number of nitrogens with zero attached hydrogens (tertiary/aromatic N) is 7. The van der Waals surface area contributed by atoms with E-state index in [1.165, 1.54) is 23.7 Å². The molecule has 2 aliphatic rings. The van der Waals surface area contributed by atoms with Gasteiger partial charge >= 0.3 is 11.9 Å². The molecule has 2 fully saturated rings. The van der Waals surface area contributed by atoms with E-state index >= 15 is 0 Å². The number of hydrogen-bond acceptors (Lipinski definition) is 7.